The van der Waals surface area contributed by atoms with Gasteiger partial charge < -0.3 is 9.47 Å². The van der Waals surface area contributed by atoms with Crippen LogP contribution in [0.15, 0.2) is 54.6 Å². The molecule has 0 amide bonds. The summed E-state index contributed by atoms with van der Waals surface area (Å²) < 4.78 is 11.4. The van der Waals surface area contributed by atoms with Gasteiger partial charge in [-0.2, -0.15) is 5.21 Å². The molecule has 0 spiro atoms. The Labute approximate surface area is 187 Å². The molecule has 7 nitrogen and oxygen atoms in total. The summed E-state index contributed by atoms with van der Waals surface area (Å²) in [5, 5.41) is 14.4. The fourth-order valence-electron chi connectivity index (χ4n) is 3.42. The molecule has 0 radical (unpaired) electrons. The summed E-state index contributed by atoms with van der Waals surface area (Å²) in [6.07, 6.45) is 0. The number of halogens is 1. The number of aryl methyl sites for hydroxylation is 2. The van der Waals surface area contributed by atoms with E-state index in [1.165, 1.54) is 0 Å². The number of hydrogen-bond acceptors (Lipinski definition) is 6. The highest BCUT2D eigenvalue weighted by atomic mass is 35.5. The third-order valence-corrected chi connectivity index (χ3v) is 4.88. The summed E-state index contributed by atoms with van der Waals surface area (Å²) in [5.74, 6) is 1.39. The molecule has 2 heterocycles. The number of nitrogens with one attached hydrogen (secondary N) is 1. The van der Waals surface area contributed by atoms with E-state index in [4.69, 9.17) is 9.47 Å². The molecular weight excluding hydrogens is 414 g/mol. The van der Waals surface area contributed by atoms with Gasteiger partial charge in [0.15, 0.2) is 0 Å². The Bertz CT molecular complexity index is 1130. The maximum absolute atomic E-state index is 6.11. The number of benzene rings is 2. The van der Waals surface area contributed by atoms with Crippen LogP contribution in [0.3, 0.4) is 0 Å². The summed E-state index contributed by atoms with van der Waals surface area (Å²) in [7, 11) is 1.67. The average Bonchev–Trinajstić information content (AvgIpc) is 3.29. The molecule has 0 aliphatic rings. The van der Waals surface area contributed by atoms with Gasteiger partial charge in [0.2, 0.25) is 5.82 Å². The molecule has 0 aliphatic heterocycles. The Morgan fingerprint density at radius 2 is 1.68 bits per heavy atom. The van der Waals surface area contributed by atoms with Crippen molar-refractivity contribution in [3.8, 4) is 28.3 Å². The largest absolute Gasteiger partial charge is 0.488 e. The number of H-pyrrole nitrogens is 1. The molecule has 0 saturated heterocycles. The van der Waals surface area contributed by atoms with Gasteiger partial charge in [-0.15, -0.1) is 22.6 Å². The van der Waals surface area contributed by atoms with Crippen LogP contribution in [0.2, 0.25) is 0 Å². The SMILES string of the molecule is COCc1c(OCc2ccc(-c3ccccc3-c3nn[nH]n3)cc2)cc(C)nc1C.Cl. The minimum Gasteiger partial charge on any atom is -0.488 e. The van der Waals surface area contributed by atoms with E-state index in [-0.39, 0.29) is 12.4 Å². The highest BCUT2D eigenvalue weighted by Crippen LogP contribution is 2.30. The van der Waals surface area contributed by atoms with E-state index in [2.05, 4.69) is 55.9 Å². The lowest BCUT2D eigenvalue weighted by atomic mass is 9.98. The number of methoxy groups -OCH3 is 1. The molecule has 0 saturated carbocycles. The van der Waals surface area contributed by atoms with Crippen LogP contribution in [0.5, 0.6) is 5.75 Å². The van der Waals surface area contributed by atoms with Crippen molar-refractivity contribution < 1.29 is 9.47 Å². The zero-order valence-electron chi connectivity index (χ0n) is 17.6. The van der Waals surface area contributed by atoms with Crippen LogP contribution in [0.25, 0.3) is 22.5 Å². The van der Waals surface area contributed by atoms with Gasteiger partial charge in [0.25, 0.3) is 0 Å². The lowest BCUT2D eigenvalue weighted by Crippen LogP contribution is -2.04. The monoisotopic (exact) mass is 437 g/mol. The second-order valence-electron chi connectivity index (χ2n) is 7.03. The van der Waals surface area contributed by atoms with E-state index >= 15 is 0 Å². The van der Waals surface area contributed by atoms with Crippen molar-refractivity contribution in [1.82, 2.24) is 25.6 Å². The summed E-state index contributed by atoms with van der Waals surface area (Å²) in [6, 6.07) is 18.3. The van der Waals surface area contributed by atoms with E-state index in [9.17, 15) is 0 Å². The predicted octanol–water partition coefficient (Wildman–Crippen LogP) is 4.69. The normalized spacial score (nSPS) is 10.5. The number of pyridine rings is 1. The summed E-state index contributed by atoms with van der Waals surface area (Å²) in [4.78, 5) is 4.51. The van der Waals surface area contributed by atoms with E-state index in [1.807, 2.05) is 38.1 Å². The molecule has 0 bridgehead atoms. The smallest absolute Gasteiger partial charge is 0.205 e. The quantitative estimate of drug-likeness (QED) is 0.451. The zero-order chi connectivity index (χ0) is 20.9. The van der Waals surface area contributed by atoms with Crippen LogP contribution in [-0.2, 0) is 18.0 Å². The molecular formula is C23H24ClN5O2. The topological polar surface area (TPSA) is 85.8 Å². The first-order valence-corrected chi connectivity index (χ1v) is 9.66. The van der Waals surface area contributed by atoms with Gasteiger partial charge in [0.1, 0.15) is 12.4 Å². The first kappa shape index (κ1) is 22.4. The molecule has 160 valence electrons. The van der Waals surface area contributed by atoms with Crippen molar-refractivity contribution in [1.29, 1.82) is 0 Å². The fourth-order valence-corrected chi connectivity index (χ4v) is 3.42. The number of rotatable bonds is 7. The Morgan fingerprint density at radius 3 is 2.35 bits per heavy atom. The van der Waals surface area contributed by atoms with Crippen LogP contribution >= 0.6 is 12.4 Å². The fraction of sp³-hybridized carbons (Fsp3) is 0.217. The van der Waals surface area contributed by atoms with E-state index < -0.39 is 0 Å². The predicted molar refractivity (Wildman–Crippen MR) is 121 cm³/mol. The van der Waals surface area contributed by atoms with E-state index in [0.29, 0.717) is 19.0 Å². The number of aromatic nitrogens is 5. The Morgan fingerprint density at radius 1 is 0.935 bits per heavy atom. The molecule has 8 heteroatoms. The minimum absolute atomic E-state index is 0. The van der Waals surface area contributed by atoms with Crippen LogP contribution in [0.4, 0.5) is 0 Å². The summed E-state index contributed by atoms with van der Waals surface area (Å²) in [5.41, 5.74) is 6.97. The van der Waals surface area contributed by atoms with Crippen molar-refractivity contribution in [2.24, 2.45) is 0 Å². The number of ether oxygens (including phenoxy) is 2. The first-order valence-electron chi connectivity index (χ1n) is 9.66. The van der Waals surface area contributed by atoms with Gasteiger partial charge in [-0.3, -0.25) is 4.98 Å². The van der Waals surface area contributed by atoms with Crippen molar-refractivity contribution in [3.63, 3.8) is 0 Å². The van der Waals surface area contributed by atoms with Crippen molar-refractivity contribution in [2.45, 2.75) is 27.1 Å². The van der Waals surface area contributed by atoms with Crippen molar-refractivity contribution in [3.05, 3.63) is 77.1 Å². The maximum Gasteiger partial charge on any atom is 0.205 e. The summed E-state index contributed by atoms with van der Waals surface area (Å²) >= 11 is 0. The Hall–Kier alpha value is -3.29. The molecule has 0 aliphatic carbocycles. The lowest BCUT2D eigenvalue weighted by Gasteiger charge is -2.14. The van der Waals surface area contributed by atoms with Gasteiger partial charge in [-0.1, -0.05) is 48.5 Å². The molecule has 4 aromatic rings. The third-order valence-electron chi connectivity index (χ3n) is 4.88. The molecule has 31 heavy (non-hydrogen) atoms. The van der Waals surface area contributed by atoms with Gasteiger partial charge in [0.05, 0.1) is 6.61 Å². The van der Waals surface area contributed by atoms with E-state index in [0.717, 1.165) is 45.0 Å². The van der Waals surface area contributed by atoms with Gasteiger partial charge in [-0.25, -0.2) is 0 Å². The van der Waals surface area contributed by atoms with Crippen molar-refractivity contribution >= 4 is 12.4 Å². The molecule has 0 fully saturated rings. The number of tetrazole rings is 1. The average molecular weight is 438 g/mol. The number of hydrogen-bond donors (Lipinski definition) is 1. The molecule has 0 unspecified atom stereocenters. The Balaban J connectivity index is 0.00000272. The minimum atomic E-state index is 0. The molecule has 1 N–H and O–H groups in total. The van der Waals surface area contributed by atoms with Crippen LogP contribution < -0.4 is 4.74 Å². The Kier molecular flexibility index (Phi) is 7.33. The number of nitrogens with zero attached hydrogens (tertiary/aromatic N) is 4. The van der Waals surface area contributed by atoms with Crippen molar-refractivity contribution in [2.75, 3.05) is 7.11 Å². The second-order valence-corrected chi connectivity index (χ2v) is 7.03. The van der Waals surface area contributed by atoms with Crippen LogP contribution in [0.1, 0.15) is 22.5 Å². The van der Waals surface area contributed by atoms with E-state index in [1.54, 1.807) is 7.11 Å². The lowest BCUT2D eigenvalue weighted by molar-refractivity contribution is 0.178. The van der Waals surface area contributed by atoms with Gasteiger partial charge >= 0.3 is 0 Å². The highest BCUT2D eigenvalue weighted by Gasteiger charge is 2.12. The van der Waals surface area contributed by atoms with Crippen LogP contribution in [0, 0.1) is 13.8 Å². The second kappa shape index (κ2) is 10.1. The molecule has 0 atom stereocenters. The zero-order valence-corrected chi connectivity index (χ0v) is 18.4. The van der Waals surface area contributed by atoms with Gasteiger partial charge in [-0.05, 0) is 35.8 Å². The first-order chi connectivity index (χ1) is 14.7. The third kappa shape index (κ3) is 5.07. The molecule has 2 aromatic heterocycles. The molecule has 2 aromatic carbocycles. The summed E-state index contributed by atoms with van der Waals surface area (Å²) in [6.45, 7) is 4.88. The van der Waals surface area contributed by atoms with Gasteiger partial charge in [0, 0.05) is 35.7 Å². The van der Waals surface area contributed by atoms with Crippen LogP contribution in [-0.4, -0.2) is 32.7 Å². The molecule has 4 rings (SSSR count). The maximum atomic E-state index is 6.11. The highest BCUT2D eigenvalue weighted by molar-refractivity contribution is 5.85. The number of aromatic amines is 1. The standard InChI is InChI=1S/C23H23N5O2.ClH/c1-15-12-22(21(14-29-3)16(2)24-15)30-13-17-8-10-18(11-9-17)19-6-4-5-7-20(19)23-25-27-28-26-23;/h4-12H,13-14H2,1-3H3,(H,25,26,27,28);1H.